The predicted molar refractivity (Wildman–Crippen MR) is 88.2 cm³/mol. The van der Waals surface area contributed by atoms with Gasteiger partial charge in [-0.15, -0.1) is 0 Å². The monoisotopic (exact) mass is 292 g/mol. The van der Waals surface area contributed by atoms with E-state index >= 15 is 0 Å². The summed E-state index contributed by atoms with van der Waals surface area (Å²) >= 11 is 0. The Morgan fingerprint density at radius 3 is 2.95 bits per heavy atom. The Bertz CT molecular complexity index is 400. The highest BCUT2D eigenvalue weighted by atomic mass is 16.3. The third-order valence-corrected chi connectivity index (χ3v) is 4.49. The molecule has 0 radical (unpaired) electrons. The quantitative estimate of drug-likeness (QED) is 0.822. The van der Waals surface area contributed by atoms with Gasteiger partial charge in [-0.1, -0.05) is 27.2 Å². The van der Waals surface area contributed by atoms with Crippen LogP contribution in [0.2, 0.25) is 0 Å². The maximum Gasteiger partial charge on any atom is 0.118 e. The first-order valence-electron chi connectivity index (χ1n) is 8.66. The second-order valence-corrected chi connectivity index (χ2v) is 6.93. The van der Waals surface area contributed by atoms with Gasteiger partial charge in [0, 0.05) is 12.1 Å². The Morgan fingerprint density at radius 2 is 2.19 bits per heavy atom. The van der Waals surface area contributed by atoms with E-state index in [-0.39, 0.29) is 0 Å². The van der Waals surface area contributed by atoms with Crippen LogP contribution in [0.3, 0.4) is 0 Å². The fourth-order valence-electron chi connectivity index (χ4n) is 3.12. The van der Waals surface area contributed by atoms with Crippen molar-refractivity contribution in [1.82, 2.24) is 10.2 Å². The second-order valence-electron chi connectivity index (χ2n) is 6.93. The summed E-state index contributed by atoms with van der Waals surface area (Å²) in [5.74, 6) is 2.74. The van der Waals surface area contributed by atoms with Crippen molar-refractivity contribution in [1.29, 1.82) is 0 Å². The Labute approximate surface area is 130 Å². The minimum absolute atomic E-state index is 0.694. The summed E-state index contributed by atoms with van der Waals surface area (Å²) < 4.78 is 5.74. The Balaban J connectivity index is 1.76. The van der Waals surface area contributed by atoms with Gasteiger partial charge in [-0.2, -0.15) is 0 Å². The minimum atomic E-state index is 0.694. The van der Waals surface area contributed by atoms with E-state index in [0.29, 0.717) is 5.92 Å². The number of likely N-dealkylation sites (tertiary alicyclic amines) is 1. The van der Waals surface area contributed by atoms with E-state index in [9.17, 15) is 0 Å². The molecular weight excluding hydrogens is 260 g/mol. The Morgan fingerprint density at radius 1 is 1.33 bits per heavy atom. The van der Waals surface area contributed by atoms with Crippen molar-refractivity contribution in [3.63, 3.8) is 0 Å². The molecule has 2 heterocycles. The number of nitrogens with zero attached hydrogens (tertiary/aromatic N) is 1. The van der Waals surface area contributed by atoms with E-state index in [2.05, 4.69) is 37.1 Å². The van der Waals surface area contributed by atoms with Gasteiger partial charge in [0.25, 0.3) is 0 Å². The van der Waals surface area contributed by atoms with E-state index in [1.807, 2.05) is 6.26 Å². The number of hydrogen-bond acceptors (Lipinski definition) is 3. The first-order chi connectivity index (χ1) is 10.2. The Hall–Kier alpha value is -0.800. The van der Waals surface area contributed by atoms with Gasteiger partial charge in [0.05, 0.1) is 12.8 Å². The molecule has 1 N–H and O–H groups in total. The molecule has 3 heteroatoms. The maximum atomic E-state index is 5.74. The lowest BCUT2D eigenvalue weighted by Gasteiger charge is -2.18. The molecule has 1 aromatic heterocycles. The highest BCUT2D eigenvalue weighted by Gasteiger charge is 2.16. The van der Waals surface area contributed by atoms with E-state index in [1.165, 1.54) is 44.3 Å². The molecule has 21 heavy (non-hydrogen) atoms. The van der Waals surface area contributed by atoms with Crippen LogP contribution in [0.5, 0.6) is 0 Å². The van der Waals surface area contributed by atoms with Crippen LogP contribution < -0.4 is 5.32 Å². The van der Waals surface area contributed by atoms with Crippen molar-refractivity contribution >= 4 is 0 Å². The SMILES string of the molecule is CCC1CCCN(Cc2cc(CNCC(C)C)co2)CC1. The summed E-state index contributed by atoms with van der Waals surface area (Å²) in [5.41, 5.74) is 1.27. The summed E-state index contributed by atoms with van der Waals surface area (Å²) in [4.78, 5) is 2.56. The van der Waals surface area contributed by atoms with Crippen LogP contribution in [0, 0.1) is 11.8 Å². The van der Waals surface area contributed by atoms with Gasteiger partial charge in [-0.25, -0.2) is 0 Å². The van der Waals surface area contributed by atoms with Crippen LogP contribution in [0.15, 0.2) is 16.7 Å². The van der Waals surface area contributed by atoms with E-state index in [1.54, 1.807) is 0 Å². The third-order valence-electron chi connectivity index (χ3n) is 4.49. The lowest BCUT2D eigenvalue weighted by molar-refractivity contribution is 0.249. The van der Waals surface area contributed by atoms with Gasteiger partial charge >= 0.3 is 0 Å². The molecule has 1 saturated heterocycles. The third kappa shape index (κ3) is 5.84. The van der Waals surface area contributed by atoms with Gasteiger partial charge in [-0.3, -0.25) is 4.90 Å². The fourth-order valence-corrected chi connectivity index (χ4v) is 3.12. The van der Waals surface area contributed by atoms with Crippen molar-refractivity contribution in [3.05, 3.63) is 23.7 Å². The van der Waals surface area contributed by atoms with Crippen molar-refractivity contribution in [2.24, 2.45) is 11.8 Å². The fraction of sp³-hybridized carbons (Fsp3) is 0.778. The Kier molecular flexibility index (Phi) is 6.78. The lowest BCUT2D eigenvalue weighted by atomic mass is 9.98. The molecule has 0 amide bonds. The molecule has 0 saturated carbocycles. The van der Waals surface area contributed by atoms with Crippen LogP contribution >= 0.6 is 0 Å². The smallest absolute Gasteiger partial charge is 0.118 e. The average Bonchev–Trinajstić information content (AvgIpc) is 2.76. The second kappa shape index (κ2) is 8.60. The van der Waals surface area contributed by atoms with Gasteiger partial charge in [0.15, 0.2) is 0 Å². The number of furan rings is 1. The van der Waals surface area contributed by atoms with Gasteiger partial charge in [0.2, 0.25) is 0 Å². The molecule has 3 nitrogen and oxygen atoms in total. The summed E-state index contributed by atoms with van der Waals surface area (Å²) in [6.45, 7) is 12.2. The molecule has 2 rings (SSSR count). The molecule has 1 unspecified atom stereocenters. The zero-order valence-corrected chi connectivity index (χ0v) is 14.0. The number of hydrogen-bond donors (Lipinski definition) is 1. The highest BCUT2D eigenvalue weighted by molar-refractivity contribution is 5.12. The zero-order valence-electron chi connectivity index (χ0n) is 14.0. The minimum Gasteiger partial charge on any atom is -0.468 e. The van der Waals surface area contributed by atoms with E-state index in [4.69, 9.17) is 4.42 Å². The number of nitrogens with one attached hydrogen (secondary N) is 1. The van der Waals surface area contributed by atoms with Crippen LogP contribution in [0.25, 0.3) is 0 Å². The summed E-state index contributed by atoms with van der Waals surface area (Å²) in [6, 6.07) is 2.22. The normalized spacial score (nSPS) is 20.9. The van der Waals surface area contributed by atoms with Crippen LogP contribution in [0.1, 0.15) is 57.8 Å². The predicted octanol–water partition coefficient (Wildman–Crippen LogP) is 4.04. The van der Waals surface area contributed by atoms with Crippen molar-refractivity contribution in [2.75, 3.05) is 19.6 Å². The molecular formula is C18H32N2O. The maximum absolute atomic E-state index is 5.74. The molecule has 0 aromatic carbocycles. The van der Waals surface area contributed by atoms with Crippen molar-refractivity contribution in [2.45, 2.75) is 59.5 Å². The molecule has 1 aliphatic heterocycles. The van der Waals surface area contributed by atoms with Crippen LogP contribution in [-0.2, 0) is 13.1 Å². The molecule has 0 aliphatic carbocycles. The standard InChI is InChI=1S/C18H32N2O/c1-4-16-6-5-8-20(9-7-16)13-18-10-17(14-21-18)12-19-11-15(2)3/h10,14-16,19H,4-9,11-13H2,1-3H3. The zero-order chi connectivity index (χ0) is 15.1. The lowest BCUT2D eigenvalue weighted by Crippen LogP contribution is -2.24. The van der Waals surface area contributed by atoms with Crippen LogP contribution in [0.4, 0.5) is 0 Å². The molecule has 0 bridgehead atoms. The van der Waals surface area contributed by atoms with Gasteiger partial charge in [0.1, 0.15) is 5.76 Å². The largest absolute Gasteiger partial charge is 0.468 e. The molecule has 1 atom stereocenters. The molecule has 1 fully saturated rings. The number of rotatable bonds is 7. The van der Waals surface area contributed by atoms with Crippen molar-refractivity contribution in [3.8, 4) is 0 Å². The van der Waals surface area contributed by atoms with Gasteiger partial charge < -0.3 is 9.73 Å². The van der Waals surface area contributed by atoms with Crippen LogP contribution in [-0.4, -0.2) is 24.5 Å². The van der Waals surface area contributed by atoms with E-state index < -0.39 is 0 Å². The van der Waals surface area contributed by atoms with Gasteiger partial charge in [-0.05, 0) is 56.8 Å². The first kappa shape index (κ1) is 16.6. The summed E-state index contributed by atoms with van der Waals surface area (Å²) in [7, 11) is 0. The summed E-state index contributed by atoms with van der Waals surface area (Å²) in [6.07, 6.45) is 7.33. The van der Waals surface area contributed by atoms with E-state index in [0.717, 1.165) is 31.3 Å². The first-order valence-corrected chi connectivity index (χ1v) is 8.66. The summed E-state index contributed by atoms with van der Waals surface area (Å²) in [5, 5.41) is 3.47. The molecule has 1 aliphatic rings. The molecule has 1 aromatic rings. The highest BCUT2D eigenvalue weighted by Crippen LogP contribution is 2.21. The molecule has 120 valence electrons. The topological polar surface area (TPSA) is 28.4 Å². The van der Waals surface area contributed by atoms with Crippen molar-refractivity contribution < 1.29 is 4.42 Å². The molecule has 0 spiro atoms. The average molecular weight is 292 g/mol.